The van der Waals surface area contributed by atoms with E-state index in [1.54, 1.807) is 19.0 Å². The summed E-state index contributed by atoms with van der Waals surface area (Å²) < 4.78 is 5.51. The van der Waals surface area contributed by atoms with Crippen LogP contribution in [-0.2, 0) is 20.9 Å². The molecule has 0 N–H and O–H groups in total. The van der Waals surface area contributed by atoms with Crippen molar-refractivity contribution in [3.05, 3.63) is 35.9 Å². The summed E-state index contributed by atoms with van der Waals surface area (Å²) in [5, 5.41) is 0. The second-order valence-corrected chi connectivity index (χ2v) is 6.24. The molecule has 1 saturated heterocycles. The van der Waals surface area contributed by atoms with Crippen molar-refractivity contribution in [2.45, 2.75) is 13.0 Å². The molecule has 132 valence electrons. The van der Waals surface area contributed by atoms with E-state index in [9.17, 15) is 9.59 Å². The molecule has 6 nitrogen and oxygen atoms in total. The van der Waals surface area contributed by atoms with E-state index in [0.717, 1.165) is 25.2 Å². The predicted octanol–water partition coefficient (Wildman–Crippen LogP) is 0.826. The minimum Gasteiger partial charge on any atom is -0.367 e. The first-order valence-electron chi connectivity index (χ1n) is 8.38. The van der Waals surface area contributed by atoms with E-state index in [4.69, 9.17) is 4.74 Å². The second kappa shape index (κ2) is 9.39. The van der Waals surface area contributed by atoms with Gasteiger partial charge in [0, 0.05) is 53.2 Å². The minimum absolute atomic E-state index is 0.0370. The Labute approximate surface area is 144 Å². The van der Waals surface area contributed by atoms with Crippen LogP contribution in [0, 0.1) is 0 Å². The van der Waals surface area contributed by atoms with Gasteiger partial charge < -0.3 is 14.5 Å². The standard InChI is InChI=1S/C18H27N3O3/c1-19(2)17(22)8-9-20-10-12-21(13-11-20)18(23)15-24-14-16-6-4-3-5-7-16/h3-7H,8-15H2,1-2H3. The summed E-state index contributed by atoms with van der Waals surface area (Å²) >= 11 is 0. The molecule has 1 fully saturated rings. The van der Waals surface area contributed by atoms with Crippen LogP contribution in [0.15, 0.2) is 30.3 Å². The largest absolute Gasteiger partial charge is 0.367 e. The highest BCUT2D eigenvalue weighted by Crippen LogP contribution is 2.05. The molecule has 0 spiro atoms. The van der Waals surface area contributed by atoms with E-state index in [0.29, 0.717) is 26.1 Å². The van der Waals surface area contributed by atoms with Crippen molar-refractivity contribution in [1.82, 2.24) is 14.7 Å². The number of benzene rings is 1. The van der Waals surface area contributed by atoms with Crippen molar-refractivity contribution >= 4 is 11.8 Å². The predicted molar refractivity (Wildman–Crippen MR) is 92.4 cm³/mol. The second-order valence-electron chi connectivity index (χ2n) is 6.24. The zero-order valence-corrected chi connectivity index (χ0v) is 14.6. The summed E-state index contributed by atoms with van der Waals surface area (Å²) in [6.45, 7) is 4.35. The molecule has 0 bridgehead atoms. The maximum atomic E-state index is 12.2. The van der Waals surface area contributed by atoms with Gasteiger partial charge in [0.25, 0.3) is 0 Å². The molecule has 1 aliphatic heterocycles. The molecule has 0 atom stereocenters. The Kier molecular flexibility index (Phi) is 7.21. The average molecular weight is 333 g/mol. The van der Waals surface area contributed by atoms with Gasteiger partial charge in [-0.1, -0.05) is 30.3 Å². The first kappa shape index (κ1) is 18.4. The lowest BCUT2D eigenvalue weighted by molar-refractivity contribution is -0.138. The normalized spacial score (nSPS) is 15.3. The molecule has 0 aliphatic carbocycles. The SMILES string of the molecule is CN(C)C(=O)CCN1CCN(C(=O)COCc2ccccc2)CC1. The van der Waals surface area contributed by atoms with E-state index in [1.165, 1.54) is 0 Å². The smallest absolute Gasteiger partial charge is 0.248 e. The summed E-state index contributed by atoms with van der Waals surface area (Å²) in [5.41, 5.74) is 1.07. The van der Waals surface area contributed by atoms with Crippen LogP contribution >= 0.6 is 0 Å². The van der Waals surface area contributed by atoms with E-state index in [-0.39, 0.29) is 18.4 Å². The molecule has 1 heterocycles. The highest BCUT2D eigenvalue weighted by molar-refractivity contribution is 5.77. The first-order chi connectivity index (χ1) is 11.6. The number of amides is 2. The zero-order chi connectivity index (χ0) is 17.4. The average Bonchev–Trinajstić information content (AvgIpc) is 2.60. The third-order valence-electron chi connectivity index (χ3n) is 4.20. The van der Waals surface area contributed by atoms with Gasteiger partial charge in [-0.2, -0.15) is 0 Å². The van der Waals surface area contributed by atoms with Gasteiger partial charge in [-0.3, -0.25) is 14.5 Å². The molecule has 6 heteroatoms. The van der Waals surface area contributed by atoms with E-state index >= 15 is 0 Å². The number of carbonyl (C=O) groups excluding carboxylic acids is 2. The lowest BCUT2D eigenvalue weighted by Crippen LogP contribution is -2.50. The van der Waals surface area contributed by atoms with Crippen LogP contribution in [0.4, 0.5) is 0 Å². The summed E-state index contributed by atoms with van der Waals surface area (Å²) in [6, 6.07) is 9.85. The Morgan fingerprint density at radius 2 is 1.75 bits per heavy atom. The van der Waals surface area contributed by atoms with E-state index in [1.807, 2.05) is 35.2 Å². The van der Waals surface area contributed by atoms with Gasteiger partial charge in [0.05, 0.1) is 6.61 Å². The molecular weight excluding hydrogens is 306 g/mol. The first-order valence-corrected chi connectivity index (χ1v) is 8.38. The maximum absolute atomic E-state index is 12.2. The fourth-order valence-corrected chi connectivity index (χ4v) is 2.62. The Hall–Kier alpha value is -1.92. The summed E-state index contributed by atoms with van der Waals surface area (Å²) in [7, 11) is 3.54. The van der Waals surface area contributed by atoms with Crippen molar-refractivity contribution < 1.29 is 14.3 Å². The molecular formula is C18H27N3O3. The molecule has 0 aromatic heterocycles. The molecule has 0 saturated carbocycles. The van der Waals surface area contributed by atoms with Crippen LogP contribution in [0.25, 0.3) is 0 Å². The van der Waals surface area contributed by atoms with Crippen LogP contribution in [0.2, 0.25) is 0 Å². The van der Waals surface area contributed by atoms with Crippen molar-refractivity contribution in [2.24, 2.45) is 0 Å². The van der Waals surface area contributed by atoms with Gasteiger partial charge in [0.1, 0.15) is 6.61 Å². The number of piperazine rings is 1. The summed E-state index contributed by atoms with van der Waals surface area (Å²) in [4.78, 5) is 29.5. The number of hydrogen-bond donors (Lipinski definition) is 0. The van der Waals surface area contributed by atoms with Gasteiger partial charge in [-0.15, -0.1) is 0 Å². The van der Waals surface area contributed by atoms with Crippen LogP contribution in [0.1, 0.15) is 12.0 Å². The zero-order valence-electron chi connectivity index (χ0n) is 14.6. The molecule has 2 amide bonds. The molecule has 1 aliphatic rings. The summed E-state index contributed by atoms with van der Waals surface area (Å²) in [5.74, 6) is 0.178. The fraction of sp³-hybridized carbons (Fsp3) is 0.556. The number of ether oxygens (including phenoxy) is 1. The molecule has 2 rings (SSSR count). The molecule has 24 heavy (non-hydrogen) atoms. The van der Waals surface area contributed by atoms with E-state index in [2.05, 4.69) is 4.90 Å². The maximum Gasteiger partial charge on any atom is 0.248 e. The van der Waals surface area contributed by atoms with Crippen LogP contribution < -0.4 is 0 Å². The van der Waals surface area contributed by atoms with Crippen LogP contribution in [-0.4, -0.2) is 79.9 Å². The molecule has 0 radical (unpaired) electrons. The van der Waals surface area contributed by atoms with Gasteiger partial charge in [-0.25, -0.2) is 0 Å². The summed E-state index contributed by atoms with van der Waals surface area (Å²) in [6.07, 6.45) is 0.529. The van der Waals surface area contributed by atoms with Gasteiger partial charge in [-0.05, 0) is 5.56 Å². The molecule has 1 aromatic carbocycles. The lowest BCUT2D eigenvalue weighted by atomic mass is 10.2. The van der Waals surface area contributed by atoms with E-state index < -0.39 is 0 Å². The van der Waals surface area contributed by atoms with Crippen molar-refractivity contribution in [1.29, 1.82) is 0 Å². The van der Waals surface area contributed by atoms with Crippen molar-refractivity contribution in [2.75, 3.05) is 53.4 Å². The monoisotopic (exact) mass is 333 g/mol. The molecule has 1 aromatic rings. The minimum atomic E-state index is 0.0370. The highest BCUT2D eigenvalue weighted by Gasteiger charge is 2.21. The van der Waals surface area contributed by atoms with Gasteiger partial charge >= 0.3 is 0 Å². The highest BCUT2D eigenvalue weighted by atomic mass is 16.5. The van der Waals surface area contributed by atoms with Gasteiger partial charge in [0.15, 0.2) is 0 Å². The van der Waals surface area contributed by atoms with Gasteiger partial charge in [0.2, 0.25) is 11.8 Å². The lowest BCUT2D eigenvalue weighted by Gasteiger charge is -2.34. The van der Waals surface area contributed by atoms with Crippen molar-refractivity contribution in [3.8, 4) is 0 Å². The fourth-order valence-electron chi connectivity index (χ4n) is 2.62. The molecule has 0 unspecified atom stereocenters. The third-order valence-corrected chi connectivity index (χ3v) is 4.20. The Bertz CT molecular complexity index is 526. The Morgan fingerprint density at radius 1 is 1.08 bits per heavy atom. The number of carbonyl (C=O) groups is 2. The quantitative estimate of drug-likeness (QED) is 0.742. The van der Waals surface area contributed by atoms with Crippen molar-refractivity contribution in [3.63, 3.8) is 0 Å². The number of nitrogens with zero attached hydrogens (tertiary/aromatic N) is 3. The van der Waals surface area contributed by atoms with Crippen LogP contribution in [0.3, 0.4) is 0 Å². The number of rotatable bonds is 7. The van der Waals surface area contributed by atoms with Crippen LogP contribution in [0.5, 0.6) is 0 Å². The topological polar surface area (TPSA) is 53.1 Å². The Morgan fingerprint density at radius 3 is 2.38 bits per heavy atom. The Balaban J connectivity index is 1.62. The third kappa shape index (κ3) is 5.94. The number of hydrogen-bond acceptors (Lipinski definition) is 4.